The SMILES string of the molecule is C[C@@H]1C[C@@H](C)CN(C(=O)CN2CCC[C@@H](c3cc(=O)n4c(n3)CCCCC4)C2)C1. The van der Waals surface area contributed by atoms with Gasteiger partial charge in [0.2, 0.25) is 5.91 Å². The number of aromatic nitrogens is 2. The first-order valence-electron chi connectivity index (χ1n) is 11.6. The Morgan fingerprint density at radius 1 is 1.07 bits per heavy atom. The van der Waals surface area contributed by atoms with Gasteiger partial charge < -0.3 is 4.90 Å². The first kappa shape index (κ1) is 20.6. The number of rotatable bonds is 3. The monoisotopic (exact) mass is 400 g/mol. The van der Waals surface area contributed by atoms with E-state index in [0.29, 0.717) is 18.4 Å². The van der Waals surface area contributed by atoms with Gasteiger partial charge in [0.05, 0.1) is 12.2 Å². The van der Waals surface area contributed by atoms with Gasteiger partial charge in [0.1, 0.15) is 5.82 Å². The van der Waals surface area contributed by atoms with Gasteiger partial charge >= 0.3 is 0 Å². The molecule has 0 bridgehead atoms. The Hall–Kier alpha value is -1.69. The molecule has 0 N–H and O–H groups in total. The number of likely N-dealkylation sites (tertiary alicyclic amines) is 2. The van der Waals surface area contributed by atoms with Crippen molar-refractivity contribution in [1.82, 2.24) is 19.4 Å². The Morgan fingerprint density at radius 2 is 1.86 bits per heavy atom. The van der Waals surface area contributed by atoms with Gasteiger partial charge in [-0.3, -0.25) is 19.1 Å². The number of carbonyl (C=O) groups is 1. The molecule has 1 aromatic heterocycles. The van der Waals surface area contributed by atoms with Gasteiger partial charge in [-0.15, -0.1) is 0 Å². The maximum atomic E-state index is 12.9. The van der Waals surface area contributed by atoms with Crippen LogP contribution in [-0.2, 0) is 17.8 Å². The molecule has 3 aliphatic rings. The molecule has 2 fully saturated rings. The lowest BCUT2D eigenvalue weighted by molar-refractivity contribution is -0.135. The minimum absolute atomic E-state index is 0.108. The van der Waals surface area contributed by atoms with E-state index in [1.807, 2.05) is 4.57 Å². The van der Waals surface area contributed by atoms with Crippen molar-refractivity contribution in [3.05, 3.63) is 27.9 Å². The average molecular weight is 401 g/mol. The molecule has 0 aromatic carbocycles. The highest BCUT2D eigenvalue weighted by atomic mass is 16.2. The molecule has 29 heavy (non-hydrogen) atoms. The van der Waals surface area contributed by atoms with Gasteiger partial charge in [0, 0.05) is 44.6 Å². The highest BCUT2D eigenvalue weighted by molar-refractivity contribution is 5.78. The topological polar surface area (TPSA) is 58.4 Å². The highest BCUT2D eigenvalue weighted by Gasteiger charge is 2.29. The van der Waals surface area contributed by atoms with E-state index in [4.69, 9.17) is 4.98 Å². The van der Waals surface area contributed by atoms with Crippen LogP contribution >= 0.6 is 0 Å². The molecule has 6 nitrogen and oxygen atoms in total. The number of piperidine rings is 2. The zero-order chi connectivity index (χ0) is 20.4. The number of fused-ring (bicyclic) bond motifs is 1. The van der Waals surface area contributed by atoms with Crippen LogP contribution in [-0.4, -0.2) is 58.0 Å². The molecule has 1 aromatic rings. The van der Waals surface area contributed by atoms with Crippen LogP contribution in [0.4, 0.5) is 0 Å². The zero-order valence-corrected chi connectivity index (χ0v) is 18.1. The van der Waals surface area contributed by atoms with Gasteiger partial charge in [-0.25, -0.2) is 4.98 Å². The quantitative estimate of drug-likeness (QED) is 0.783. The van der Waals surface area contributed by atoms with E-state index in [-0.39, 0.29) is 17.4 Å². The van der Waals surface area contributed by atoms with Gasteiger partial charge in [-0.2, -0.15) is 0 Å². The van der Waals surface area contributed by atoms with Crippen molar-refractivity contribution >= 4 is 5.91 Å². The van der Waals surface area contributed by atoms with Gasteiger partial charge in [-0.05, 0) is 50.5 Å². The normalized spacial score (nSPS) is 28.6. The van der Waals surface area contributed by atoms with Crippen molar-refractivity contribution < 1.29 is 4.79 Å². The maximum absolute atomic E-state index is 12.9. The van der Waals surface area contributed by atoms with Crippen LogP contribution in [0.3, 0.4) is 0 Å². The molecule has 2 saturated heterocycles. The van der Waals surface area contributed by atoms with Crippen LogP contribution in [0, 0.1) is 11.8 Å². The van der Waals surface area contributed by atoms with Gasteiger partial charge in [-0.1, -0.05) is 20.3 Å². The summed E-state index contributed by atoms with van der Waals surface area (Å²) in [6, 6.07) is 1.76. The lowest BCUT2D eigenvalue weighted by Gasteiger charge is -2.38. The molecular formula is C23H36N4O2. The number of hydrogen-bond acceptors (Lipinski definition) is 4. The maximum Gasteiger partial charge on any atom is 0.253 e. The minimum atomic E-state index is 0.108. The van der Waals surface area contributed by atoms with E-state index in [9.17, 15) is 9.59 Å². The zero-order valence-electron chi connectivity index (χ0n) is 18.1. The number of nitrogens with zero attached hydrogens (tertiary/aromatic N) is 4. The molecule has 0 saturated carbocycles. The van der Waals surface area contributed by atoms with Crippen molar-refractivity contribution in [1.29, 1.82) is 0 Å². The van der Waals surface area contributed by atoms with Crippen LogP contribution < -0.4 is 5.56 Å². The van der Waals surface area contributed by atoms with Crippen LogP contribution in [0.25, 0.3) is 0 Å². The predicted molar refractivity (Wildman–Crippen MR) is 114 cm³/mol. The Labute approximate surface area is 174 Å². The Bertz CT molecular complexity index is 780. The molecule has 1 amide bonds. The molecule has 0 radical (unpaired) electrons. The third kappa shape index (κ3) is 4.90. The van der Waals surface area contributed by atoms with Crippen LogP contribution in [0.1, 0.15) is 69.8 Å². The fourth-order valence-corrected chi connectivity index (χ4v) is 5.54. The molecule has 3 atom stereocenters. The number of carbonyl (C=O) groups excluding carboxylic acids is 1. The summed E-state index contributed by atoms with van der Waals surface area (Å²) in [5.74, 6) is 2.67. The molecule has 4 rings (SSSR count). The molecule has 0 aliphatic carbocycles. The summed E-state index contributed by atoms with van der Waals surface area (Å²) in [5.41, 5.74) is 1.05. The molecule has 0 unspecified atom stereocenters. The van der Waals surface area contributed by atoms with Crippen LogP contribution in [0.15, 0.2) is 10.9 Å². The fraction of sp³-hybridized carbons (Fsp3) is 0.783. The smallest absolute Gasteiger partial charge is 0.253 e. The summed E-state index contributed by atoms with van der Waals surface area (Å²) in [6.45, 7) is 9.38. The van der Waals surface area contributed by atoms with Crippen LogP contribution in [0.2, 0.25) is 0 Å². The third-order valence-electron chi connectivity index (χ3n) is 6.89. The molecule has 3 aliphatic heterocycles. The number of hydrogen-bond donors (Lipinski definition) is 0. The first-order valence-corrected chi connectivity index (χ1v) is 11.6. The molecular weight excluding hydrogens is 364 g/mol. The fourth-order valence-electron chi connectivity index (χ4n) is 5.54. The van der Waals surface area contributed by atoms with Gasteiger partial charge in [0.15, 0.2) is 0 Å². The summed E-state index contributed by atoms with van der Waals surface area (Å²) in [5, 5.41) is 0. The second kappa shape index (κ2) is 8.99. The summed E-state index contributed by atoms with van der Waals surface area (Å²) in [6.07, 6.45) is 7.60. The van der Waals surface area contributed by atoms with E-state index in [2.05, 4.69) is 23.6 Å². The van der Waals surface area contributed by atoms with Crippen molar-refractivity contribution in [3.8, 4) is 0 Å². The van der Waals surface area contributed by atoms with Gasteiger partial charge in [0.25, 0.3) is 5.56 Å². The Balaban J connectivity index is 1.42. The molecule has 4 heterocycles. The summed E-state index contributed by atoms with van der Waals surface area (Å²) < 4.78 is 1.87. The van der Waals surface area contributed by atoms with Crippen LogP contribution in [0.5, 0.6) is 0 Å². The largest absolute Gasteiger partial charge is 0.341 e. The van der Waals surface area contributed by atoms with E-state index >= 15 is 0 Å². The van der Waals surface area contributed by atoms with Crippen molar-refractivity contribution in [2.24, 2.45) is 11.8 Å². The second-order valence-electron chi connectivity index (χ2n) is 9.72. The standard InChI is InChI=1S/C23H36N4O2/c1-17-11-18(2)14-26(13-17)23(29)16-25-9-6-7-19(15-25)20-12-22(28)27-10-5-3-4-8-21(27)24-20/h12,17-19H,3-11,13-16H2,1-2H3/t17-,18-,19-/m1/s1. The lowest BCUT2D eigenvalue weighted by Crippen LogP contribution is -2.48. The lowest BCUT2D eigenvalue weighted by atomic mass is 9.91. The summed E-state index contributed by atoms with van der Waals surface area (Å²) >= 11 is 0. The predicted octanol–water partition coefficient (Wildman–Crippen LogP) is 2.65. The molecule has 160 valence electrons. The van der Waals surface area contributed by atoms with Crippen molar-refractivity contribution in [3.63, 3.8) is 0 Å². The average Bonchev–Trinajstić information content (AvgIpc) is 2.93. The van der Waals surface area contributed by atoms with E-state index in [1.54, 1.807) is 6.07 Å². The Kier molecular flexibility index (Phi) is 6.38. The molecule has 6 heteroatoms. The third-order valence-corrected chi connectivity index (χ3v) is 6.89. The Morgan fingerprint density at radius 3 is 2.66 bits per heavy atom. The van der Waals surface area contributed by atoms with E-state index in [1.165, 1.54) is 12.8 Å². The minimum Gasteiger partial charge on any atom is -0.341 e. The van der Waals surface area contributed by atoms with E-state index < -0.39 is 0 Å². The number of amides is 1. The van der Waals surface area contributed by atoms with Crippen molar-refractivity contribution in [2.45, 2.75) is 71.3 Å². The summed E-state index contributed by atoms with van der Waals surface area (Å²) in [4.78, 5) is 34.8. The first-order chi connectivity index (χ1) is 14.0. The molecule has 0 spiro atoms. The number of aryl methyl sites for hydroxylation is 1. The highest BCUT2D eigenvalue weighted by Crippen LogP contribution is 2.26. The second-order valence-corrected chi connectivity index (χ2v) is 9.72. The summed E-state index contributed by atoms with van der Waals surface area (Å²) in [7, 11) is 0. The van der Waals surface area contributed by atoms with Crippen molar-refractivity contribution in [2.75, 3.05) is 32.7 Å². The van der Waals surface area contributed by atoms with E-state index in [0.717, 1.165) is 76.3 Å².